The van der Waals surface area contributed by atoms with Crippen LogP contribution in [0.25, 0.3) is 0 Å². The first-order valence-electron chi connectivity index (χ1n) is 9.50. The van der Waals surface area contributed by atoms with E-state index in [2.05, 4.69) is 15.5 Å². The average molecular weight is 407 g/mol. The number of carbonyl (C=O) groups is 1. The summed E-state index contributed by atoms with van der Waals surface area (Å²) in [6.45, 7) is 4.39. The van der Waals surface area contributed by atoms with Crippen molar-refractivity contribution >= 4 is 11.6 Å². The fourth-order valence-electron chi connectivity index (χ4n) is 3.19. The lowest BCUT2D eigenvalue weighted by molar-refractivity contribution is -0.137. The highest BCUT2D eigenvalue weighted by Gasteiger charge is 2.30. The van der Waals surface area contributed by atoms with Gasteiger partial charge in [-0.05, 0) is 23.8 Å². The van der Waals surface area contributed by atoms with Crippen LogP contribution in [-0.2, 0) is 15.7 Å². The fourth-order valence-corrected chi connectivity index (χ4v) is 3.19. The van der Waals surface area contributed by atoms with Gasteiger partial charge in [-0.2, -0.15) is 13.2 Å². The van der Waals surface area contributed by atoms with Gasteiger partial charge in [-0.15, -0.1) is 0 Å². The molecule has 3 rings (SSSR count). The molecule has 156 valence electrons. The zero-order valence-electron chi connectivity index (χ0n) is 15.9. The molecule has 0 bridgehead atoms. The highest BCUT2D eigenvalue weighted by atomic mass is 19.4. The maximum atomic E-state index is 12.9. The Kier molecular flexibility index (Phi) is 7.24. The van der Waals surface area contributed by atoms with Gasteiger partial charge < -0.3 is 15.4 Å². The number of hydrogen-bond acceptors (Lipinski definition) is 4. The van der Waals surface area contributed by atoms with Gasteiger partial charge in [-0.3, -0.25) is 9.69 Å². The first kappa shape index (κ1) is 21.3. The van der Waals surface area contributed by atoms with Crippen LogP contribution in [0.3, 0.4) is 0 Å². The molecule has 1 fully saturated rings. The van der Waals surface area contributed by atoms with Crippen LogP contribution in [0.15, 0.2) is 54.6 Å². The van der Waals surface area contributed by atoms with E-state index < -0.39 is 23.7 Å². The monoisotopic (exact) mass is 407 g/mol. The SMILES string of the molecule is O=C(Nc1cccc(C(F)(F)F)c1)[C@@H](NCCN1CCOCC1)c1ccccc1. The molecule has 1 aliphatic rings. The maximum absolute atomic E-state index is 12.9. The lowest BCUT2D eigenvalue weighted by atomic mass is 10.1. The van der Waals surface area contributed by atoms with Crippen molar-refractivity contribution in [1.29, 1.82) is 0 Å². The summed E-state index contributed by atoms with van der Waals surface area (Å²) < 4.78 is 44.1. The Bertz CT molecular complexity index is 793. The largest absolute Gasteiger partial charge is 0.416 e. The third kappa shape index (κ3) is 6.28. The number of amides is 1. The summed E-state index contributed by atoms with van der Waals surface area (Å²) in [6.07, 6.45) is -4.46. The number of alkyl halides is 3. The summed E-state index contributed by atoms with van der Waals surface area (Å²) in [6, 6.07) is 13.1. The fraction of sp³-hybridized carbons (Fsp3) is 0.381. The first-order valence-corrected chi connectivity index (χ1v) is 9.50. The number of carbonyl (C=O) groups excluding carboxylic acids is 1. The predicted molar refractivity (Wildman–Crippen MR) is 105 cm³/mol. The van der Waals surface area contributed by atoms with E-state index in [0.29, 0.717) is 19.8 Å². The lowest BCUT2D eigenvalue weighted by Crippen LogP contribution is -2.42. The highest BCUT2D eigenvalue weighted by Crippen LogP contribution is 2.30. The van der Waals surface area contributed by atoms with Gasteiger partial charge in [0.15, 0.2) is 0 Å². The van der Waals surface area contributed by atoms with Crippen LogP contribution in [0.1, 0.15) is 17.2 Å². The smallest absolute Gasteiger partial charge is 0.379 e. The maximum Gasteiger partial charge on any atom is 0.416 e. The summed E-state index contributed by atoms with van der Waals surface area (Å²) in [5.74, 6) is -0.405. The van der Waals surface area contributed by atoms with E-state index in [-0.39, 0.29) is 5.69 Å². The minimum Gasteiger partial charge on any atom is -0.379 e. The molecule has 5 nitrogen and oxygen atoms in total. The zero-order valence-corrected chi connectivity index (χ0v) is 15.9. The van der Waals surface area contributed by atoms with E-state index in [0.717, 1.165) is 37.3 Å². The molecule has 29 heavy (non-hydrogen) atoms. The molecule has 1 aliphatic heterocycles. The molecule has 0 aromatic heterocycles. The van der Waals surface area contributed by atoms with Gasteiger partial charge in [0.05, 0.1) is 18.8 Å². The minimum absolute atomic E-state index is 0.112. The summed E-state index contributed by atoms with van der Waals surface area (Å²) in [4.78, 5) is 15.1. The number of nitrogens with one attached hydrogen (secondary N) is 2. The quantitative estimate of drug-likeness (QED) is 0.740. The van der Waals surface area contributed by atoms with Crippen molar-refractivity contribution in [1.82, 2.24) is 10.2 Å². The van der Waals surface area contributed by atoms with Crippen LogP contribution in [0.4, 0.5) is 18.9 Å². The van der Waals surface area contributed by atoms with Crippen LogP contribution in [-0.4, -0.2) is 50.2 Å². The number of halogens is 3. The first-order chi connectivity index (χ1) is 13.9. The van der Waals surface area contributed by atoms with Gasteiger partial charge in [0.25, 0.3) is 0 Å². The standard InChI is InChI=1S/C21H24F3N3O2/c22-21(23,24)17-7-4-8-18(15-17)26-20(28)19(16-5-2-1-3-6-16)25-9-10-27-11-13-29-14-12-27/h1-8,15,19,25H,9-14H2,(H,26,28)/t19-/m0/s1. The second-order valence-electron chi connectivity index (χ2n) is 6.82. The molecule has 0 aliphatic carbocycles. The second-order valence-corrected chi connectivity index (χ2v) is 6.82. The molecule has 1 saturated heterocycles. The highest BCUT2D eigenvalue weighted by molar-refractivity contribution is 5.95. The molecule has 0 spiro atoms. The number of nitrogens with zero attached hydrogens (tertiary/aromatic N) is 1. The normalized spacial score (nSPS) is 16.4. The Hall–Kier alpha value is -2.42. The molecule has 0 radical (unpaired) electrons. The molecule has 1 atom stereocenters. The molecular formula is C21H24F3N3O2. The second kappa shape index (κ2) is 9.87. The molecule has 2 aromatic rings. The Labute approximate surface area is 167 Å². The summed E-state index contributed by atoms with van der Waals surface area (Å²) in [5.41, 5.74) is 0.0616. The molecular weight excluding hydrogens is 383 g/mol. The number of hydrogen-bond donors (Lipinski definition) is 2. The Morgan fingerprint density at radius 2 is 1.79 bits per heavy atom. The van der Waals surface area contributed by atoms with Gasteiger partial charge in [-0.25, -0.2) is 0 Å². The van der Waals surface area contributed by atoms with Crippen molar-refractivity contribution < 1.29 is 22.7 Å². The van der Waals surface area contributed by atoms with Gasteiger partial charge in [0, 0.05) is 31.9 Å². The summed E-state index contributed by atoms with van der Waals surface area (Å²) in [5, 5.41) is 5.84. The third-order valence-electron chi connectivity index (χ3n) is 4.73. The van der Waals surface area contributed by atoms with E-state index in [1.807, 2.05) is 30.3 Å². The predicted octanol–water partition coefficient (Wildman–Crippen LogP) is 3.31. The van der Waals surface area contributed by atoms with E-state index in [4.69, 9.17) is 4.74 Å². The van der Waals surface area contributed by atoms with Crippen molar-refractivity contribution in [3.63, 3.8) is 0 Å². The number of morpholine rings is 1. The summed E-state index contributed by atoms with van der Waals surface area (Å²) in [7, 11) is 0. The van der Waals surface area contributed by atoms with Crippen LogP contribution in [0.5, 0.6) is 0 Å². The van der Waals surface area contributed by atoms with Gasteiger partial charge >= 0.3 is 6.18 Å². The molecule has 0 unspecified atom stereocenters. The molecule has 1 heterocycles. The van der Waals surface area contributed by atoms with Gasteiger partial charge in [-0.1, -0.05) is 36.4 Å². The molecule has 1 amide bonds. The van der Waals surface area contributed by atoms with Crippen LogP contribution in [0.2, 0.25) is 0 Å². The van der Waals surface area contributed by atoms with Gasteiger partial charge in [0.2, 0.25) is 5.91 Å². The Morgan fingerprint density at radius 3 is 2.48 bits per heavy atom. The van der Waals surface area contributed by atoms with Crippen molar-refractivity contribution in [2.24, 2.45) is 0 Å². The molecule has 0 saturated carbocycles. The number of rotatable bonds is 7. The number of ether oxygens (including phenoxy) is 1. The lowest BCUT2D eigenvalue weighted by Gasteiger charge is -2.27. The molecule has 2 N–H and O–H groups in total. The van der Waals surface area contributed by atoms with Crippen molar-refractivity contribution in [3.05, 3.63) is 65.7 Å². The van der Waals surface area contributed by atoms with Crippen LogP contribution >= 0.6 is 0 Å². The van der Waals surface area contributed by atoms with E-state index in [1.165, 1.54) is 12.1 Å². The Morgan fingerprint density at radius 1 is 1.07 bits per heavy atom. The molecule has 2 aromatic carbocycles. The molecule has 8 heteroatoms. The topological polar surface area (TPSA) is 53.6 Å². The minimum atomic E-state index is -4.46. The van der Waals surface area contributed by atoms with Crippen molar-refractivity contribution in [3.8, 4) is 0 Å². The number of benzene rings is 2. The average Bonchev–Trinajstić information content (AvgIpc) is 2.72. The van der Waals surface area contributed by atoms with Crippen molar-refractivity contribution in [2.45, 2.75) is 12.2 Å². The van der Waals surface area contributed by atoms with E-state index in [9.17, 15) is 18.0 Å². The zero-order chi connectivity index (χ0) is 20.7. The summed E-state index contributed by atoms with van der Waals surface area (Å²) >= 11 is 0. The van der Waals surface area contributed by atoms with E-state index in [1.54, 1.807) is 0 Å². The van der Waals surface area contributed by atoms with Crippen LogP contribution < -0.4 is 10.6 Å². The van der Waals surface area contributed by atoms with Crippen LogP contribution in [0, 0.1) is 0 Å². The Balaban J connectivity index is 1.67. The van der Waals surface area contributed by atoms with Gasteiger partial charge in [0.1, 0.15) is 6.04 Å². The third-order valence-corrected chi connectivity index (χ3v) is 4.73. The number of anilines is 1. The van der Waals surface area contributed by atoms with E-state index >= 15 is 0 Å². The van der Waals surface area contributed by atoms with Crippen molar-refractivity contribution in [2.75, 3.05) is 44.7 Å².